The van der Waals surface area contributed by atoms with E-state index in [4.69, 9.17) is 9.47 Å². The summed E-state index contributed by atoms with van der Waals surface area (Å²) >= 11 is 2.06. The van der Waals surface area contributed by atoms with E-state index in [0.29, 0.717) is 23.7 Å². The van der Waals surface area contributed by atoms with Crippen LogP contribution in [0.5, 0.6) is 11.5 Å². The Balaban J connectivity index is 2.17. The van der Waals surface area contributed by atoms with Crippen LogP contribution in [0.4, 0.5) is 0 Å². The molecule has 0 bridgehead atoms. The Hall–Kier alpha value is -2.09. The van der Waals surface area contributed by atoms with E-state index in [1.54, 1.807) is 12.1 Å². The number of nitrogens with one attached hydrogen (secondary N) is 1. The van der Waals surface area contributed by atoms with Crippen molar-refractivity contribution in [2.45, 2.75) is 13.5 Å². The van der Waals surface area contributed by atoms with Gasteiger partial charge in [0, 0.05) is 3.57 Å². The van der Waals surface area contributed by atoms with Crippen molar-refractivity contribution in [3.05, 3.63) is 57.2 Å². The van der Waals surface area contributed by atoms with E-state index in [1.807, 2.05) is 30.3 Å². The first-order chi connectivity index (χ1) is 11.5. The second kappa shape index (κ2) is 8.68. The lowest BCUT2D eigenvalue weighted by molar-refractivity contribution is -0.116. The second-order valence-electron chi connectivity index (χ2n) is 5.14. The Morgan fingerprint density at radius 1 is 1.12 bits per heavy atom. The molecule has 0 saturated carbocycles. The SMILES string of the molecule is COc1cc(C(=O)NCC(C)=O)c(I)cc1OCc1ccccc1. The summed E-state index contributed by atoms with van der Waals surface area (Å²) in [4.78, 5) is 23.2. The Morgan fingerprint density at radius 2 is 1.83 bits per heavy atom. The molecule has 24 heavy (non-hydrogen) atoms. The van der Waals surface area contributed by atoms with Crippen LogP contribution in [0, 0.1) is 3.57 Å². The van der Waals surface area contributed by atoms with Crippen molar-refractivity contribution in [3.8, 4) is 11.5 Å². The molecule has 0 aliphatic carbocycles. The summed E-state index contributed by atoms with van der Waals surface area (Å²) in [5, 5.41) is 2.58. The van der Waals surface area contributed by atoms with E-state index in [-0.39, 0.29) is 18.2 Å². The molecule has 6 heteroatoms. The molecular weight excluding hydrogens is 421 g/mol. The van der Waals surface area contributed by atoms with Crippen LogP contribution >= 0.6 is 22.6 Å². The number of benzene rings is 2. The fraction of sp³-hybridized carbons (Fsp3) is 0.222. The minimum atomic E-state index is -0.317. The highest BCUT2D eigenvalue weighted by molar-refractivity contribution is 14.1. The van der Waals surface area contributed by atoms with Crippen molar-refractivity contribution < 1.29 is 19.1 Å². The van der Waals surface area contributed by atoms with Crippen LogP contribution in [0.15, 0.2) is 42.5 Å². The van der Waals surface area contributed by atoms with Gasteiger partial charge >= 0.3 is 0 Å². The minimum absolute atomic E-state index is 0.00346. The van der Waals surface area contributed by atoms with E-state index in [9.17, 15) is 9.59 Å². The number of ketones is 1. The first-order valence-corrected chi connectivity index (χ1v) is 8.41. The van der Waals surface area contributed by atoms with Gasteiger partial charge in [-0.05, 0) is 47.2 Å². The lowest BCUT2D eigenvalue weighted by atomic mass is 10.2. The zero-order chi connectivity index (χ0) is 17.5. The van der Waals surface area contributed by atoms with Crippen molar-refractivity contribution in [2.24, 2.45) is 0 Å². The maximum Gasteiger partial charge on any atom is 0.252 e. The van der Waals surface area contributed by atoms with Crippen molar-refractivity contribution in [1.82, 2.24) is 5.32 Å². The molecule has 0 unspecified atom stereocenters. The molecule has 5 nitrogen and oxygen atoms in total. The summed E-state index contributed by atoms with van der Waals surface area (Å²) in [5.74, 6) is 0.615. The number of halogens is 1. The number of hydrogen-bond donors (Lipinski definition) is 1. The van der Waals surface area contributed by atoms with Gasteiger partial charge in [0.2, 0.25) is 0 Å². The summed E-state index contributed by atoms with van der Waals surface area (Å²) in [7, 11) is 1.52. The van der Waals surface area contributed by atoms with Gasteiger partial charge in [0.15, 0.2) is 11.5 Å². The third kappa shape index (κ3) is 4.95. The van der Waals surface area contributed by atoms with Gasteiger partial charge in [-0.3, -0.25) is 9.59 Å². The van der Waals surface area contributed by atoms with Gasteiger partial charge < -0.3 is 14.8 Å². The highest BCUT2D eigenvalue weighted by Crippen LogP contribution is 2.32. The first kappa shape index (κ1) is 18.3. The molecule has 0 aliphatic rings. The molecule has 2 aromatic carbocycles. The highest BCUT2D eigenvalue weighted by Gasteiger charge is 2.16. The van der Waals surface area contributed by atoms with Gasteiger partial charge in [0.1, 0.15) is 12.4 Å². The van der Waals surface area contributed by atoms with Gasteiger partial charge in [-0.1, -0.05) is 30.3 Å². The van der Waals surface area contributed by atoms with Crippen LogP contribution in [-0.4, -0.2) is 25.3 Å². The molecule has 0 atom stereocenters. The molecule has 1 amide bonds. The monoisotopic (exact) mass is 439 g/mol. The maximum absolute atomic E-state index is 12.2. The maximum atomic E-state index is 12.2. The van der Waals surface area contributed by atoms with Gasteiger partial charge in [-0.25, -0.2) is 0 Å². The molecule has 126 valence electrons. The van der Waals surface area contributed by atoms with E-state index in [0.717, 1.165) is 9.13 Å². The van der Waals surface area contributed by atoms with Crippen LogP contribution < -0.4 is 14.8 Å². The summed E-state index contributed by atoms with van der Waals surface area (Å²) < 4.78 is 11.9. The van der Waals surface area contributed by atoms with Crippen LogP contribution in [-0.2, 0) is 11.4 Å². The van der Waals surface area contributed by atoms with Crippen LogP contribution in [0.25, 0.3) is 0 Å². The third-order valence-electron chi connectivity index (χ3n) is 3.23. The molecule has 0 radical (unpaired) electrons. The Labute approximate surface area is 154 Å². The van der Waals surface area contributed by atoms with E-state index in [1.165, 1.54) is 14.0 Å². The zero-order valence-corrected chi connectivity index (χ0v) is 15.6. The molecule has 2 rings (SSSR count). The smallest absolute Gasteiger partial charge is 0.252 e. The summed E-state index contributed by atoms with van der Waals surface area (Å²) in [6.07, 6.45) is 0. The minimum Gasteiger partial charge on any atom is -0.493 e. The number of amides is 1. The molecule has 0 aromatic heterocycles. The number of Topliss-reactive ketones (excluding diaryl/α,β-unsaturated/α-hetero) is 1. The second-order valence-corrected chi connectivity index (χ2v) is 6.30. The lowest BCUT2D eigenvalue weighted by Gasteiger charge is -2.14. The third-order valence-corrected chi connectivity index (χ3v) is 4.13. The molecule has 0 fully saturated rings. The molecule has 1 N–H and O–H groups in total. The average molecular weight is 439 g/mol. The number of carbonyl (C=O) groups excluding carboxylic acids is 2. The number of ether oxygens (including phenoxy) is 2. The standard InChI is InChI=1S/C18H18INO4/c1-12(21)10-20-18(22)14-8-16(23-2)17(9-15(14)19)24-11-13-6-4-3-5-7-13/h3-9H,10-11H2,1-2H3,(H,20,22). The summed E-state index contributed by atoms with van der Waals surface area (Å²) in [6.45, 7) is 1.83. The molecule has 0 aliphatic heterocycles. The Bertz CT molecular complexity index is 731. The molecule has 0 spiro atoms. The first-order valence-electron chi connectivity index (χ1n) is 7.33. The van der Waals surface area contributed by atoms with Gasteiger partial charge in [-0.2, -0.15) is 0 Å². The molecule has 0 heterocycles. The van der Waals surface area contributed by atoms with Crippen molar-refractivity contribution >= 4 is 34.3 Å². The normalized spacial score (nSPS) is 10.1. The average Bonchev–Trinajstić information content (AvgIpc) is 2.58. The van der Waals surface area contributed by atoms with Crippen LogP contribution in [0.2, 0.25) is 0 Å². The summed E-state index contributed by atoms with van der Waals surface area (Å²) in [6, 6.07) is 13.2. The molecule has 2 aromatic rings. The predicted molar refractivity (Wildman–Crippen MR) is 99.5 cm³/mol. The quantitative estimate of drug-likeness (QED) is 0.674. The van der Waals surface area contributed by atoms with E-state index < -0.39 is 0 Å². The van der Waals surface area contributed by atoms with Crippen molar-refractivity contribution in [1.29, 1.82) is 0 Å². The van der Waals surface area contributed by atoms with Crippen molar-refractivity contribution in [3.63, 3.8) is 0 Å². The van der Waals surface area contributed by atoms with E-state index >= 15 is 0 Å². The largest absolute Gasteiger partial charge is 0.493 e. The summed E-state index contributed by atoms with van der Waals surface area (Å²) in [5.41, 5.74) is 1.48. The van der Waals surface area contributed by atoms with Crippen LogP contribution in [0.3, 0.4) is 0 Å². The zero-order valence-electron chi connectivity index (χ0n) is 13.5. The number of hydrogen-bond acceptors (Lipinski definition) is 4. The lowest BCUT2D eigenvalue weighted by Crippen LogP contribution is -2.28. The fourth-order valence-electron chi connectivity index (χ4n) is 2.02. The fourth-order valence-corrected chi connectivity index (χ4v) is 2.70. The van der Waals surface area contributed by atoms with Gasteiger partial charge in [0.25, 0.3) is 5.91 Å². The predicted octanol–water partition coefficient (Wildman–Crippen LogP) is 3.20. The topological polar surface area (TPSA) is 64.6 Å². The van der Waals surface area contributed by atoms with Crippen molar-refractivity contribution in [2.75, 3.05) is 13.7 Å². The Kier molecular flexibility index (Phi) is 6.60. The Morgan fingerprint density at radius 3 is 2.46 bits per heavy atom. The number of methoxy groups -OCH3 is 1. The number of carbonyl (C=O) groups is 2. The number of rotatable bonds is 7. The molecule has 0 saturated heterocycles. The van der Waals surface area contributed by atoms with E-state index in [2.05, 4.69) is 27.9 Å². The van der Waals surface area contributed by atoms with Gasteiger partial charge in [-0.15, -0.1) is 0 Å². The highest BCUT2D eigenvalue weighted by atomic mass is 127. The molecular formula is C18H18INO4. The van der Waals surface area contributed by atoms with Gasteiger partial charge in [0.05, 0.1) is 19.2 Å². The van der Waals surface area contributed by atoms with Crippen LogP contribution in [0.1, 0.15) is 22.8 Å².